The fraction of sp³-hybridized carbons (Fsp3) is 0.333. The average Bonchev–Trinajstić information content (AvgIpc) is 3.48. The van der Waals surface area contributed by atoms with Crippen molar-refractivity contribution in [2.75, 3.05) is 6.54 Å². The molecule has 6 rings (SSSR count). The predicted octanol–water partition coefficient (Wildman–Crippen LogP) is 1.56. The van der Waals surface area contributed by atoms with E-state index in [4.69, 9.17) is 0 Å². The van der Waals surface area contributed by atoms with Crippen LogP contribution in [0.25, 0.3) is 5.69 Å². The Hall–Kier alpha value is -3.42. The van der Waals surface area contributed by atoms with E-state index in [-0.39, 0.29) is 23.9 Å². The van der Waals surface area contributed by atoms with E-state index in [2.05, 4.69) is 15.5 Å². The van der Waals surface area contributed by atoms with Crippen LogP contribution in [0.15, 0.2) is 48.8 Å². The second-order valence-electron chi connectivity index (χ2n) is 7.80. The molecule has 8 nitrogen and oxygen atoms in total. The quantitative estimate of drug-likeness (QED) is 0.733. The molecular formula is C21H22N6O2. The number of aryl methyl sites for hydroxylation is 2. The van der Waals surface area contributed by atoms with Gasteiger partial charge >= 0.3 is 0 Å². The Morgan fingerprint density at radius 1 is 1.14 bits per heavy atom. The maximum Gasteiger partial charge on any atom is 0.274 e. The molecule has 3 unspecified atom stereocenters. The van der Waals surface area contributed by atoms with Crippen LogP contribution in [-0.4, -0.2) is 54.9 Å². The number of hydrogen-bond donors (Lipinski definition) is 1. The Bertz CT molecular complexity index is 1090. The molecule has 1 saturated carbocycles. The second-order valence-corrected chi connectivity index (χ2v) is 7.80. The lowest BCUT2D eigenvalue weighted by atomic mass is 9.80. The molecule has 3 fully saturated rings. The molecule has 2 amide bonds. The van der Waals surface area contributed by atoms with E-state index in [1.54, 1.807) is 34.9 Å². The predicted molar refractivity (Wildman–Crippen MR) is 106 cm³/mol. The van der Waals surface area contributed by atoms with Gasteiger partial charge in [0.1, 0.15) is 0 Å². The molecule has 4 heterocycles. The maximum absolute atomic E-state index is 13.0. The third kappa shape index (κ3) is 2.91. The van der Waals surface area contributed by atoms with E-state index < -0.39 is 0 Å². The molecule has 2 bridgehead atoms. The monoisotopic (exact) mass is 390 g/mol. The summed E-state index contributed by atoms with van der Waals surface area (Å²) in [4.78, 5) is 27.5. The molecule has 148 valence electrons. The number of nitrogens with one attached hydrogen (secondary N) is 1. The maximum atomic E-state index is 13.0. The van der Waals surface area contributed by atoms with Crippen LogP contribution in [0.2, 0.25) is 0 Å². The number of hydrogen-bond acceptors (Lipinski definition) is 4. The lowest BCUT2D eigenvalue weighted by Crippen LogP contribution is -2.55. The number of rotatable bonds is 4. The highest BCUT2D eigenvalue weighted by Crippen LogP contribution is 2.41. The lowest BCUT2D eigenvalue weighted by Gasteiger charge is -2.36. The Balaban J connectivity index is 1.28. The molecule has 2 saturated heterocycles. The zero-order valence-electron chi connectivity index (χ0n) is 16.3. The third-order valence-corrected chi connectivity index (χ3v) is 5.94. The SMILES string of the molecule is Cc1nn(C)cc1C(=O)NC1C2CC1N(C(=O)c1ccn(-c3ccccc3)n1)C2. The molecular weight excluding hydrogens is 368 g/mol. The van der Waals surface area contributed by atoms with Crippen molar-refractivity contribution in [2.24, 2.45) is 13.0 Å². The lowest BCUT2D eigenvalue weighted by molar-refractivity contribution is 0.0693. The first-order valence-corrected chi connectivity index (χ1v) is 9.74. The van der Waals surface area contributed by atoms with Gasteiger partial charge in [-0.3, -0.25) is 14.3 Å². The van der Waals surface area contributed by atoms with Crippen LogP contribution in [0, 0.1) is 12.8 Å². The molecule has 1 aliphatic carbocycles. The fourth-order valence-electron chi connectivity index (χ4n) is 4.43. The number of aromatic nitrogens is 4. The Morgan fingerprint density at radius 3 is 2.66 bits per heavy atom. The summed E-state index contributed by atoms with van der Waals surface area (Å²) in [7, 11) is 1.80. The van der Waals surface area contributed by atoms with Crippen LogP contribution >= 0.6 is 0 Å². The van der Waals surface area contributed by atoms with Gasteiger partial charge in [-0.2, -0.15) is 10.2 Å². The van der Waals surface area contributed by atoms with Gasteiger partial charge in [-0.1, -0.05) is 18.2 Å². The van der Waals surface area contributed by atoms with Gasteiger partial charge in [0.2, 0.25) is 0 Å². The van der Waals surface area contributed by atoms with Crippen LogP contribution in [0.5, 0.6) is 0 Å². The highest BCUT2D eigenvalue weighted by atomic mass is 16.2. The second kappa shape index (κ2) is 6.58. The number of para-hydroxylation sites is 1. The number of carbonyl (C=O) groups is 2. The normalized spacial score (nSPS) is 22.4. The molecule has 3 aromatic rings. The van der Waals surface area contributed by atoms with Crippen molar-refractivity contribution in [3.63, 3.8) is 0 Å². The molecule has 29 heavy (non-hydrogen) atoms. The summed E-state index contributed by atoms with van der Waals surface area (Å²) in [6, 6.07) is 11.5. The zero-order chi connectivity index (χ0) is 20.1. The van der Waals surface area contributed by atoms with E-state index in [1.807, 2.05) is 42.2 Å². The molecule has 3 atom stereocenters. The minimum absolute atomic E-state index is 0.0118. The van der Waals surface area contributed by atoms with Crippen LogP contribution in [-0.2, 0) is 7.05 Å². The first-order chi connectivity index (χ1) is 14.0. The summed E-state index contributed by atoms with van der Waals surface area (Å²) in [6.07, 6.45) is 4.44. The van der Waals surface area contributed by atoms with Gasteiger partial charge in [-0.25, -0.2) is 4.68 Å². The summed E-state index contributed by atoms with van der Waals surface area (Å²) >= 11 is 0. The highest BCUT2D eigenvalue weighted by Gasteiger charge is 2.54. The van der Waals surface area contributed by atoms with Crippen molar-refractivity contribution >= 4 is 11.8 Å². The van der Waals surface area contributed by atoms with Gasteiger partial charge in [-0.15, -0.1) is 0 Å². The molecule has 2 aliphatic heterocycles. The topological polar surface area (TPSA) is 85.0 Å². The smallest absolute Gasteiger partial charge is 0.274 e. The number of fused-ring (bicyclic) bond motifs is 1. The molecule has 0 spiro atoms. The highest BCUT2D eigenvalue weighted by molar-refractivity contribution is 5.96. The number of nitrogens with zero attached hydrogens (tertiary/aromatic N) is 5. The van der Waals surface area contributed by atoms with Gasteiger partial charge in [0.05, 0.1) is 29.0 Å². The summed E-state index contributed by atoms with van der Waals surface area (Å²) < 4.78 is 3.34. The van der Waals surface area contributed by atoms with Gasteiger partial charge in [0.15, 0.2) is 5.69 Å². The molecule has 8 heteroatoms. The van der Waals surface area contributed by atoms with E-state index in [0.717, 1.165) is 12.1 Å². The van der Waals surface area contributed by atoms with E-state index in [0.29, 0.717) is 29.4 Å². The summed E-state index contributed by atoms with van der Waals surface area (Å²) in [5, 5.41) is 11.8. The van der Waals surface area contributed by atoms with Crippen molar-refractivity contribution in [2.45, 2.75) is 25.4 Å². The first-order valence-electron chi connectivity index (χ1n) is 9.74. The summed E-state index contributed by atoms with van der Waals surface area (Å²) in [6.45, 7) is 2.47. The zero-order valence-corrected chi connectivity index (χ0v) is 16.3. The Kier molecular flexibility index (Phi) is 4.01. The minimum atomic E-state index is -0.127. The van der Waals surface area contributed by atoms with Crippen LogP contribution in [0.1, 0.15) is 33.0 Å². The summed E-state index contributed by atoms with van der Waals surface area (Å²) in [5.41, 5.74) is 2.62. The van der Waals surface area contributed by atoms with E-state index in [9.17, 15) is 9.59 Å². The number of carbonyl (C=O) groups excluding carboxylic acids is 2. The third-order valence-electron chi connectivity index (χ3n) is 5.94. The Labute approximate surface area is 168 Å². The average molecular weight is 390 g/mol. The number of benzene rings is 1. The standard InChI is InChI=1S/C21H22N6O2/c1-13-16(12-25(2)23-13)20(28)22-19-14-10-18(19)26(11-14)21(29)17-8-9-27(24-17)15-6-4-3-5-7-15/h3-9,12,14,18-19H,10-11H2,1-2H3,(H,22,28). The van der Waals surface area contributed by atoms with Gasteiger partial charge in [0, 0.05) is 31.9 Å². The van der Waals surface area contributed by atoms with Gasteiger partial charge in [0.25, 0.3) is 11.8 Å². The molecule has 0 radical (unpaired) electrons. The van der Waals surface area contributed by atoms with Gasteiger partial charge in [-0.05, 0) is 31.5 Å². The molecule has 3 aliphatic rings. The first kappa shape index (κ1) is 17.7. The number of amides is 2. The molecule has 1 N–H and O–H groups in total. The van der Waals surface area contributed by atoms with Crippen LogP contribution in [0.3, 0.4) is 0 Å². The summed E-state index contributed by atoms with van der Waals surface area (Å²) in [5.74, 6) is 0.0838. The van der Waals surface area contributed by atoms with Crippen molar-refractivity contribution in [1.82, 2.24) is 29.8 Å². The Morgan fingerprint density at radius 2 is 1.93 bits per heavy atom. The fourth-order valence-corrected chi connectivity index (χ4v) is 4.43. The van der Waals surface area contributed by atoms with E-state index >= 15 is 0 Å². The van der Waals surface area contributed by atoms with Gasteiger partial charge < -0.3 is 10.2 Å². The van der Waals surface area contributed by atoms with Crippen molar-refractivity contribution < 1.29 is 9.59 Å². The largest absolute Gasteiger partial charge is 0.347 e. The van der Waals surface area contributed by atoms with Crippen molar-refractivity contribution in [3.05, 3.63) is 65.7 Å². The molecule has 1 aromatic carbocycles. The van der Waals surface area contributed by atoms with Crippen molar-refractivity contribution in [1.29, 1.82) is 0 Å². The van der Waals surface area contributed by atoms with Crippen molar-refractivity contribution in [3.8, 4) is 5.69 Å². The van der Waals surface area contributed by atoms with E-state index in [1.165, 1.54) is 0 Å². The van der Waals surface area contributed by atoms with Crippen LogP contribution < -0.4 is 5.32 Å². The molecule has 2 aromatic heterocycles. The van der Waals surface area contributed by atoms with Crippen LogP contribution in [0.4, 0.5) is 0 Å². The minimum Gasteiger partial charge on any atom is -0.347 e.